The molecule has 1 unspecified atom stereocenters. The van der Waals surface area contributed by atoms with Gasteiger partial charge in [0.25, 0.3) is 0 Å². The molecule has 1 heterocycles. The van der Waals surface area contributed by atoms with E-state index < -0.39 is 0 Å². The lowest BCUT2D eigenvalue weighted by Crippen LogP contribution is -2.44. The number of aliphatic imine (C=N–C) groups is 1. The topological polar surface area (TPSA) is 66.0 Å². The highest BCUT2D eigenvalue weighted by Crippen LogP contribution is 2.09. The van der Waals surface area contributed by atoms with Gasteiger partial charge in [0.1, 0.15) is 0 Å². The van der Waals surface area contributed by atoms with E-state index in [1.165, 1.54) is 0 Å². The van der Waals surface area contributed by atoms with Crippen LogP contribution in [0.1, 0.15) is 33.1 Å². The molecule has 0 spiro atoms. The van der Waals surface area contributed by atoms with E-state index in [9.17, 15) is 4.79 Å². The summed E-state index contributed by atoms with van der Waals surface area (Å²) >= 11 is 0. The maximum Gasteiger partial charge on any atom is 0.222 e. The number of hydrogen-bond donors (Lipinski definition) is 2. The van der Waals surface area contributed by atoms with Gasteiger partial charge in [-0.25, -0.2) is 0 Å². The fourth-order valence-electron chi connectivity index (χ4n) is 2.24. The summed E-state index contributed by atoms with van der Waals surface area (Å²) in [4.78, 5) is 17.9. The van der Waals surface area contributed by atoms with E-state index in [0.717, 1.165) is 45.0 Å². The Bertz CT molecular complexity index is 320. The molecule has 2 N–H and O–H groups in total. The number of likely N-dealkylation sites (tertiary alicyclic amines) is 1. The van der Waals surface area contributed by atoms with Crippen molar-refractivity contribution in [1.82, 2.24) is 15.5 Å². The van der Waals surface area contributed by atoms with E-state index in [1.54, 1.807) is 7.11 Å². The molecule has 0 bridgehead atoms. The maximum absolute atomic E-state index is 11.5. The Morgan fingerprint density at radius 3 is 2.95 bits per heavy atom. The van der Waals surface area contributed by atoms with Gasteiger partial charge in [-0.05, 0) is 26.7 Å². The summed E-state index contributed by atoms with van der Waals surface area (Å²) in [6, 6.07) is 0.220. The lowest BCUT2D eigenvalue weighted by Gasteiger charge is -2.17. The molecule has 20 heavy (non-hydrogen) atoms. The molecular weight excluding hydrogens is 256 g/mol. The van der Waals surface area contributed by atoms with Crippen molar-refractivity contribution in [2.24, 2.45) is 4.99 Å². The van der Waals surface area contributed by atoms with Crippen LogP contribution in [0.3, 0.4) is 0 Å². The van der Waals surface area contributed by atoms with Crippen LogP contribution in [0.5, 0.6) is 0 Å². The normalized spacial score (nSPS) is 17.4. The van der Waals surface area contributed by atoms with Crippen LogP contribution in [0.25, 0.3) is 0 Å². The van der Waals surface area contributed by atoms with Gasteiger partial charge in [-0.3, -0.25) is 9.79 Å². The third-order valence-corrected chi connectivity index (χ3v) is 3.17. The Morgan fingerprint density at radius 2 is 2.35 bits per heavy atom. The molecule has 0 aliphatic carbocycles. The third kappa shape index (κ3) is 6.23. The van der Waals surface area contributed by atoms with Crippen LogP contribution in [0.15, 0.2) is 4.99 Å². The minimum Gasteiger partial charge on any atom is -0.383 e. The van der Waals surface area contributed by atoms with Crippen molar-refractivity contribution < 1.29 is 9.53 Å². The largest absolute Gasteiger partial charge is 0.383 e. The van der Waals surface area contributed by atoms with Gasteiger partial charge >= 0.3 is 0 Å². The molecule has 1 aliphatic rings. The van der Waals surface area contributed by atoms with Gasteiger partial charge in [0.05, 0.1) is 6.61 Å². The molecule has 0 aromatic carbocycles. The van der Waals surface area contributed by atoms with Crippen molar-refractivity contribution in [3.63, 3.8) is 0 Å². The average Bonchev–Trinajstić information content (AvgIpc) is 2.80. The van der Waals surface area contributed by atoms with Crippen LogP contribution in [-0.4, -0.2) is 62.7 Å². The van der Waals surface area contributed by atoms with Crippen molar-refractivity contribution >= 4 is 11.9 Å². The minimum atomic E-state index is 0.220. The monoisotopic (exact) mass is 284 g/mol. The molecule has 0 saturated carbocycles. The van der Waals surface area contributed by atoms with Gasteiger partial charge in [0.2, 0.25) is 5.91 Å². The third-order valence-electron chi connectivity index (χ3n) is 3.17. The summed E-state index contributed by atoms with van der Waals surface area (Å²) in [7, 11) is 1.69. The molecule has 0 aromatic heterocycles. The Hall–Kier alpha value is -1.30. The number of amides is 1. The van der Waals surface area contributed by atoms with Crippen molar-refractivity contribution in [2.45, 2.75) is 39.2 Å². The van der Waals surface area contributed by atoms with Crippen molar-refractivity contribution in [3.8, 4) is 0 Å². The molecule has 0 radical (unpaired) electrons. The van der Waals surface area contributed by atoms with Crippen molar-refractivity contribution in [1.29, 1.82) is 0 Å². The fourth-order valence-corrected chi connectivity index (χ4v) is 2.24. The number of guanidine groups is 1. The first-order chi connectivity index (χ1) is 9.67. The first kappa shape index (κ1) is 16.8. The van der Waals surface area contributed by atoms with Crippen LogP contribution in [0.4, 0.5) is 0 Å². The molecule has 1 rings (SSSR count). The highest BCUT2D eigenvalue weighted by atomic mass is 16.5. The second kappa shape index (κ2) is 9.58. The van der Waals surface area contributed by atoms with Gasteiger partial charge in [-0.15, -0.1) is 0 Å². The van der Waals surface area contributed by atoms with E-state index in [4.69, 9.17) is 4.74 Å². The van der Waals surface area contributed by atoms with E-state index in [1.807, 2.05) is 11.8 Å². The molecule has 1 amide bonds. The second-order valence-corrected chi connectivity index (χ2v) is 5.10. The number of methoxy groups -OCH3 is 1. The van der Waals surface area contributed by atoms with E-state index in [0.29, 0.717) is 13.0 Å². The first-order valence-corrected chi connectivity index (χ1v) is 7.49. The summed E-state index contributed by atoms with van der Waals surface area (Å²) < 4.78 is 5.10. The quantitative estimate of drug-likeness (QED) is 0.389. The number of carbonyl (C=O) groups excluding carboxylic acids is 1. The molecule has 6 heteroatoms. The van der Waals surface area contributed by atoms with Crippen LogP contribution < -0.4 is 10.6 Å². The predicted octanol–water partition coefficient (Wildman–Crippen LogP) is 0.589. The Balaban J connectivity index is 2.28. The molecule has 1 aliphatic heterocycles. The minimum absolute atomic E-state index is 0.220. The summed E-state index contributed by atoms with van der Waals surface area (Å²) in [6.07, 6.45) is 2.61. The summed E-state index contributed by atoms with van der Waals surface area (Å²) in [5, 5.41) is 6.50. The smallest absolute Gasteiger partial charge is 0.222 e. The van der Waals surface area contributed by atoms with E-state index in [2.05, 4.69) is 22.5 Å². The van der Waals surface area contributed by atoms with Gasteiger partial charge in [-0.1, -0.05) is 0 Å². The molecule has 1 fully saturated rings. The number of nitrogens with zero attached hydrogens (tertiary/aromatic N) is 2. The summed E-state index contributed by atoms with van der Waals surface area (Å²) in [6.45, 7) is 8.02. The zero-order valence-corrected chi connectivity index (χ0v) is 12.9. The average molecular weight is 284 g/mol. The van der Waals surface area contributed by atoms with Gasteiger partial charge in [0.15, 0.2) is 5.96 Å². The molecule has 6 nitrogen and oxygen atoms in total. The molecule has 0 aromatic rings. The Kier molecular flexibility index (Phi) is 8.02. The maximum atomic E-state index is 11.5. The zero-order chi connectivity index (χ0) is 14.8. The SMILES string of the molecule is CCNC(=NCCCN1CCCC1=O)NC(C)COC. The highest BCUT2D eigenvalue weighted by Gasteiger charge is 2.18. The van der Waals surface area contributed by atoms with Crippen LogP contribution >= 0.6 is 0 Å². The van der Waals surface area contributed by atoms with Gasteiger partial charge in [-0.2, -0.15) is 0 Å². The van der Waals surface area contributed by atoms with E-state index in [-0.39, 0.29) is 11.9 Å². The zero-order valence-electron chi connectivity index (χ0n) is 12.9. The number of carbonyl (C=O) groups is 1. The Labute approximate surface area is 122 Å². The predicted molar refractivity (Wildman–Crippen MR) is 80.9 cm³/mol. The summed E-state index contributed by atoms with van der Waals surface area (Å²) in [5.74, 6) is 1.09. The van der Waals surface area contributed by atoms with Crippen LogP contribution in [0.2, 0.25) is 0 Å². The highest BCUT2D eigenvalue weighted by molar-refractivity contribution is 5.80. The standard InChI is InChI=1S/C14H28N4O2/c1-4-15-14(17-12(2)11-20-3)16-8-6-10-18-9-5-7-13(18)19/h12H,4-11H2,1-3H3,(H2,15,16,17). The van der Waals surface area contributed by atoms with Crippen LogP contribution in [0, 0.1) is 0 Å². The van der Waals surface area contributed by atoms with Crippen LogP contribution in [-0.2, 0) is 9.53 Å². The lowest BCUT2D eigenvalue weighted by atomic mass is 10.3. The van der Waals surface area contributed by atoms with Gasteiger partial charge in [0, 0.05) is 45.8 Å². The second-order valence-electron chi connectivity index (χ2n) is 5.10. The number of ether oxygens (including phenoxy) is 1. The molecule has 1 atom stereocenters. The fraction of sp³-hybridized carbons (Fsp3) is 0.857. The molecule has 1 saturated heterocycles. The molecule has 116 valence electrons. The van der Waals surface area contributed by atoms with Crippen molar-refractivity contribution in [2.75, 3.05) is 39.9 Å². The number of rotatable bonds is 8. The molecular formula is C14H28N4O2. The summed E-state index contributed by atoms with van der Waals surface area (Å²) in [5.41, 5.74) is 0. The number of hydrogen-bond acceptors (Lipinski definition) is 3. The lowest BCUT2D eigenvalue weighted by molar-refractivity contribution is -0.127. The van der Waals surface area contributed by atoms with Gasteiger partial charge < -0.3 is 20.3 Å². The Morgan fingerprint density at radius 1 is 1.55 bits per heavy atom. The van der Waals surface area contributed by atoms with Crippen molar-refractivity contribution in [3.05, 3.63) is 0 Å². The number of nitrogens with one attached hydrogen (secondary N) is 2. The first-order valence-electron chi connectivity index (χ1n) is 7.49. The van der Waals surface area contributed by atoms with E-state index >= 15 is 0 Å².